The predicted octanol–water partition coefficient (Wildman–Crippen LogP) is 3.22. The Morgan fingerprint density at radius 3 is 2.87 bits per heavy atom. The average molecular weight is 268 g/mol. The van der Waals surface area contributed by atoms with E-state index in [4.69, 9.17) is 0 Å². The van der Waals surface area contributed by atoms with Crippen molar-refractivity contribution in [2.75, 3.05) is 13.1 Å². The van der Waals surface area contributed by atoms with Crippen molar-refractivity contribution in [1.29, 1.82) is 0 Å². The van der Waals surface area contributed by atoms with Crippen LogP contribution in [0.15, 0.2) is 16.6 Å². The van der Waals surface area contributed by atoms with Crippen LogP contribution in [0, 0.1) is 19.8 Å². The summed E-state index contributed by atoms with van der Waals surface area (Å²) < 4.78 is 1.24. The monoisotopic (exact) mass is 267 g/mol. The van der Waals surface area contributed by atoms with E-state index in [0.29, 0.717) is 0 Å². The van der Waals surface area contributed by atoms with Gasteiger partial charge in [-0.05, 0) is 68.5 Å². The van der Waals surface area contributed by atoms with Crippen molar-refractivity contribution in [3.8, 4) is 0 Å². The lowest BCUT2D eigenvalue weighted by Crippen LogP contribution is -2.12. The molecule has 0 aliphatic carbocycles. The third-order valence-corrected chi connectivity index (χ3v) is 4.28. The highest BCUT2D eigenvalue weighted by Crippen LogP contribution is 2.26. The zero-order chi connectivity index (χ0) is 10.8. The summed E-state index contributed by atoms with van der Waals surface area (Å²) in [5.74, 6) is 0.830. The molecule has 0 spiro atoms. The van der Waals surface area contributed by atoms with Crippen molar-refractivity contribution in [3.63, 3.8) is 0 Å². The van der Waals surface area contributed by atoms with Gasteiger partial charge in [0.05, 0.1) is 0 Å². The van der Waals surface area contributed by atoms with Crippen LogP contribution in [0.1, 0.15) is 23.1 Å². The van der Waals surface area contributed by atoms with Gasteiger partial charge in [-0.15, -0.1) is 0 Å². The van der Waals surface area contributed by atoms with Gasteiger partial charge in [0.15, 0.2) is 0 Å². The Morgan fingerprint density at radius 2 is 2.20 bits per heavy atom. The summed E-state index contributed by atoms with van der Waals surface area (Å²) in [7, 11) is 0. The van der Waals surface area contributed by atoms with Gasteiger partial charge < -0.3 is 5.32 Å². The lowest BCUT2D eigenvalue weighted by molar-refractivity contribution is 0.577. The molecule has 2 heteroatoms. The van der Waals surface area contributed by atoms with Crippen molar-refractivity contribution >= 4 is 15.9 Å². The number of rotatable bonds is 2. The van der Waals surface area contributed by atoms with Gasteiger partial charge in [0.2, 0.25) is 0 Å². The first-order valence-corrected chi connectivity index (χ1v) is 6.43. The summed E-state index contributed by atoms with van der Waals surface area (Å²) in [5, 5.41) is 3.43. The molecule has 82 valence electrons. The van der Waals surface area contributed by atoms with Crippen molar-refractivity contribution in [3.05, 3.63) is 33.3 Å². The van der Waals surface area contributed by atoms with Crippen molar-refractivity contribution < 1.29 is 0 Å². The summed E-state index contributed by atoms with van der Waals surface area (Å²) in [6.07, 6.45) is 2.55. The van der Waals surface area contributed by atoms with Gasteiger partial charge in [-0.1, -0.05) is 22.0 Å². The normalized spacial score (nSPS) is 20.9. The molecule has 1 unspecified atom stereocenters. The molecule has 0 aromatic heterocycles. The van der Waals surface area contributed by atoms with Crippen molar-refractivity contribution in [1.82, 2.24) is 5.32 Å². The number of benzene rings is 1. The van der Waals surface area contributed by atoms with Crippen molar-refractivity contribution in [2.24, 2.45) is 5.92 Å². The molecule has 1 aliphatic heterocycles. The second-order valence-electron chi connectivity index (χ2n) is 4.53. The lowest BCUT2D eigenvalue weighted by atomic mass is 9.92. The van der Waals surface area contributed by atoms with Crippen LogP contribution in [0.25, 0.3) is 0 Å². The first-order chi connectivity index (χ1) is 7.18. The molecule has 1 saturated heterocycles. The third-order valence-electron chi connectivity index (χ3n) is 3.42. The highest BCUT2D eigenvalue weighted by molar-refractivity contribution is 9.10. The topological polar surface area (TPSA) is 12.0 Å². The van der Waals surface area contributed by atoms with E-state index in [-0.39, 0.29) is 0 Å². The first-order valence-electron chi connectivity index (χ1n) is 5.64. The van der Waals surface area contributed by atoms with Gasteiger partial charge in [0.1, 0.15) is 0 Å². The molecule has 0 amide bonds. The molecule has 1 aliphatic rings. The SMILES string of the molecule is Cc1ccc(Br)c(C)c1CC1CCNC1. The van der Waals surface area contributed by atoms with E-state index in [1.807, 2.05) is 0 Å². The quantitative estimate of drug-likeness (QED) is 0.868. The van der Waals surface area contributed by atoms with Crippen LogP contribution in [0.4, 0.5) is 0 Å². The third kappa shape index (κ3) is 2.43. The fourth-order valence-electron chi connectivity index (χ4n) is 2.36. The van der Waals surface area contributed by atoms with E-state index in [1.165, 1.54) is 47.1 Å². The molecule has 0 bridgehead atoms. The minimum absolute atomic E-state index is 0.830. The standard InChI is InChI=1S/C13H18BrN/c1-9-3-4-13(14)10(2)12(9)7-11-5-6-15-8-11/h3-4,11,15H,5-8H2,1-2H3. The fraction of sp³-hybridized carbons (Fsp3) is 0.538. The Morgan fingerprint density at radius 1 is 1.40 bits per heavy atom. The largest absolute Gasteiger partial charge is 0.316 e. The molecule has 0 radical (unpaired) electrons. The molecular formula is C13H18BrN. The van der Waals surface area contributed by atoms with Crippen LogP contribution < -0.4 is 5.32 Å². The van der Waals surface area contributed by atoms with Crippen LogP contribution in [0.2, 0.25) is 0 Å². The maximum absolute atomic E-state index is 3.61. The number of hydrogen-bond acceptors (Lipinski definition) is 1. The summed E-state index contributed by atoms with van der Waals surface area (Å²) in [4.78, 5) is 0. The summed E-state index contributed by atoms with van der Waals surface area (Å²) >= 11 is 3.61. The minimum Gasteiger partial charge on any atom is -0.316 e. The van der Waals surface area contributed by atoms with Gasteiger partial charge >= 0.3 is 0 Å². The molecule has 1 nitrogen and oxygen atoms in total. The van der Waals surface area contributed by atoms with E-state index >= 15 is 0 Å². The summed E-state index contributed by atoms with van der Waals surface area (Å²) in [6.45, 7) is 6.81. The van der Waals surface area contributed by atoms with Crippen LogP contribution in [0.5, 0.6) is 0 Å². The number of hydrogen-bond donors (Lipinski definition) is 1. The summed E-state index contributed by atoms with van der Waals surface area (Å²) in [5.41, 5.74) is 4.39. The Kier molecular flexibility index (Phi) is 3.47. The van der Waals surface area contributed by atoms with E-state index in [9.17, 15) is 0 Å². The highest BCUT2D eigenvalue weighted by Gasteiger charge is 2.17. The zero-order valence-electron chi connectivity index (χ0n) is 9.44. The van der Waals surface area contributed by atoms with Gasteiger partial charge in [0.25, 0.3) is 0 Å². The minimum atomic E-state index is 0.830. The number of halogens is 1. The van der Waals surface area contributed by atoms with E-state index in [0.717, 1.165) is 5.92 Å². The summed E-state index contributed by atoms with van der Waals surface area (Å²) in [6, 6.07) is 4.37. The molecule has 1 heterocycles. The predicted molar refractivity (Wildman–Crippen MR) is 68.3 cm³/mol. The maximum atomic E-state index is 3.61. The van der Waals surface area contributed by atoms with Crippen LogP contribution in [0.3, 0.4) is 0 Å². The smallest absolute Gasteiger partial charge is 0.0207 e. The molecule has 15 heavy (non-hydrogen) atoms. The highest BCUT2D eigenvalue weighted by atomic mass is 79.9. The van der Waals surface area contributed by atoms with E-state index in [2.05, 4.69) is 47.2 Å². The van der Waals surface area contributed by atoms with Crippen LogP contribution >= 0.6 is 15.9 Å². The molecular weight excluding hydrogens is 250 g/mol. The molecule has 1 atom stereocenters. The molecule has 1 aromatic carbocycles. The molecule has 1 N–H and O–H groups in total. The molecule has 2 rings (SSSR count). The average Bonchev–Trinajstić information content (AvgIpc) is 2.71. The van der Waals surface area contributed by atoms with E-state index < -0.39 is 0 Å². The second kappa shape index (κ2) is 4.67. The molecule has 0 saturated carbocycles. The van der Waals surface area contributed by atoms with Gasteiger partial charge in [0, 0.05) is 4.47 Å². The lowest BCUT2D eigenvalue weighted by Gasteiger charge is -2.15. The van der Waals surface area contributed by atoms with Crippen LogP contribution in [-0.4, -0.2) is 13.1 Å². The van der Waals surface area contributed by atoms with E-state index in [1.54, 1.807) is 0 Å². The van der Waals surface area contributed by atoms with Crippen molar-refractivity contribution in [2.45, 2.75) is 26.7 Å². The van der Waals surface area contributed by atoms with Crippen LogP contribution in [-0.2, 0) is 6.42 Å². The Balaban J connectivity index is 2.22. The zero-order valence-corrected chi connectivity index (χ0v) is 11.0. The molecule has 1 aromatic rings. The molecule has 1 fully saturated rings. The first kappa shape index (κ1) is 11.2. The second-order valence-corrected chi connectivity index (χ2v) is 5.39. The Bertz CT molecular complexity index is 354. The fourth-order valence-corrected chi connectivity index (χ4v) is 2.73. The Labute approximate surface area is 100 Å². The Hall–Kier alpha value is -0.340. The van der Waals surface area contributed by atoms with Gasteiger partial charge in [-0.3, -0.25) is 0 Å². The number of nitrogens with one attached hydrogen (secondary N) is 1. The van der Waals surface area contributed by atoms with Gasteiger partial charge in [-0.2, -0.15) is 0 Å². The maximum Gasteiger partial charge on any atom is 0.0207 e. The number of aryl methyl sites for hydroxylation is 1. The van der Waals surface area contributed by atoms with Gasteiger partial charge in [-0.25, -0.2) is 0 Å².